The standard InChI is InChI=1S/C13H20N8/c1-3-15-11-17-12(20(2)10-6-4-5-7-10)19-13(18-11)21-9-14-8-16-21/h8-10H,3-7H2,1-2H3,(H,15,17,18,19). The molecule has 8 nitrogen and oxygen atoms in total. The summed E-state index contributed by atoms with van der Waals surface area (Å²) in [4.78, 5) is 19.5. The number of hydrogen-bond donors (Lipinski definition) is 1. The number of aromatic nitrogens is 6. The summed E-state index contributed by atoms with van der Waals surface area (Å²) in [5, 5.41) is 7.24. The normalized spacial score (nSPS) is 15.3. The van der Waals surface area contributed by atoms with Crippen molar-refractivity contribution in [2.24, 2.45) is 0 Å². The van der Waals surface area contributed by atoms with Gasteiger partial charge in [-0.3, -0.25) is 0 Å². The van der Waals surface area contributed by atoms with Crippen molar-refractivity contribution in [3.63, 3.8) is 0 Å². The fourth-order valence-corrected chi connectivity index (χ4v) is 2.62. The lowest BCUT2D eigenvalue weighted by atomic mass is 10.2. The number of rotatable bonds is 5. The highest BCUT2D eigenvalue weighted by atomic mass is 15.4. The molecule has 0 bridgehead atoms. The maximum atomic E-state index is 4.53. The first kappa shape index (κ1) is 13.7. The molecule has 2 aromatic heterocycles. The molecule has 0 saturated heterocycles. The fraction of sp³-hybridized carbons (Fsp3) is 0.615. The van der Waals surface area contributed by atoms with Gasteiger partial charge in [0.05, 0.1) is 0 Å². The van der Waals surface area contributed by atoms with Crippen LogP contribution in [-0.2, 0) is 0 Å². The monoisotopic (exact) mass is 288 g/mol. The predicted molar refractivity (Wildman–Crippen MR) is 79.6 cm³/mol. The summed E-state index contributed by atoms with van der Waals surface area (Å²) >= 11 is 0. The first-order valence-electron chi connectivity index (χ1n) is 7.35. The van der Waals surface area contributed by atoms with Crippen LogP contribution in [0.15, 0.2) is 12.7 Å². The largest absolute Gasteiger partial charge is 0.354 e. The van der Waals surface area contributed by atoms with E-state index in [1.54, 1.807) is 11.0 Å². The lowest BCUT2D eigenvalue weighted by molar-refractivity contribution is 0.633. The lowest BCUT2D eigenvalue weighted by Gasteiger charge is -2.24. The van der Waals surface area contributed by atoms with E-state index in [4.69, 9.17) is 0 Å². The molecule has 0 spiro atoms. The second kappa shape index (κ2) is 6.02. The van der Waals surface area contributed by atoms with Gasteiger partial charge in [-0.25, -0.2) is 4.98 Å². The van der Waals surface area contributed by atoms with Crippen LogP contribution in [0.2, 0.25) is 0 Å². The van der Waals surface area contributed by atoms with E-state index >= 15 is 0 Å². The van der Waals surface area contributed by atoms with E-state index in [9.17, 15) is 0 Å². The van der Waals surface area contributed by atoms with Crippen molar-refractivity contribution in [1.29, 1.82) is 0 Å². The number of hydrogen-bond acceptors (Lipinski definition) is 7. The molecule has 0 unspecified atom stereocenters. The van der Waals surface area contributed by atoms with Crippen LogP contribution >= 0.6 is 0 Å². The van der Waals surface area contributed by atoms with Crippen molar-refractivity contribution in [3.8, 4) is 5.95 Å². The molecular formula is C13H20N8. The van der Waals surface area contributed by atoms with Gasteiger partial charge >= 0.3 is 0 Å². The van der Waals surface area contributed by atoms with Crippen LogP contribution in [-0.4, -0.2) is 49.4 Å². The maximum absolute atomic E-state index is 4.53. The molecule has 1 saturated carbocycles. The Bertz CT molecular complexity index is 576. The first-order valence-corrected chi connectivity index (χ1v) is 7.35. The minimum atomic E-state index is 0.485. The molecule has 3 rings (SSSR count). The molecule has 8 heteroatoms. The Labute approximate surface area is 123 Å². The molecule has 1 fully saturated rings. The van der Waals surface area contributed by atoms with Gasteiger partial charge in [0.1, 0.15) is 12.7 Å². The molecule has 2 aromatic rings. The highest BCUT2D eigenvalue weighted by molar-refractivity contribution is 5.40. The molecule has 1 N–H and O–H groups in total. The van der Waals surface area contributed by atoms with Crippen LogP contribution in [0.4, 0.5) is 11.9 Å². The van der Waals surface area contributed by atoms with Gasteiger partial charge < -0.3 is 10.2 Å². The van der Waals surface area contributed by atoms with Crippen molar-refractivity contribution in [2.75, 3.05) is 23.8 Å². The lowest BCUT2D eigenvalue weighted by Crippen LogP contribution is -2.31. The molecule has 112 valence electrons. The van der Waals surface area contributed by atoms with Crippen LogP contribution in [0.1, 0.15) is 32.6 Å². The fourth-order valence-electron chi connectivity index (χ4n) is 2.62. The maximum Gasteiger partial charge on any atom is 0.258 e. The average molecular weight is 288 g/mol. The van der Waals surface area contributed by atoms with E-state index in [0.717, 1.165) is 6.54 Å². The van der Waals surface area contributed by atoms with E-state index in [0.29, 0.717) is 23.9 Å². The molecule has 0 amide bonds. The zero-order valence-corrected chi connectivity index (χ0v) is 12.4. The van der Waals surface area contributed by atoms with Gasteiger partial charge in [-0.1, -0.05) is 12.8 Å². The molecule has 2 heterocycles. The Hall–Kier alpha value is -2.25. The second-order valence-corrected chi connectivity index (χ2v) is 5.18. The molecule has 21 heavy (non-hydrogen) atoms. The topological polar surface area (TPSA) is 84.7 Å². The minimum Gasteiger partial charge on any atom is -0.354 e. The van der Waals surface area contributed by atoms with E-state index in [1.165, 1.54) is 32.0 Å². The number of anilines is 2. The third-order valence-corrected chi connectivity index (χ3v) is 3.76. The van der Waals surface area contributed by atoms with Crippen molar-refractivity contribution in [3.05, 3.63) is 12.7 Å². The van der Waals surface area contributed by atoms with Gasteiger partial charge in [0.2, 0.25) is 11.9 Å². The second-order valence-electron chi connectivity index (χ2n) is 5.18. The Morgan fingerprint density at radius 2 is 2.10 bits per heavy atom. The van der Waals surface area contributed by atoms with Gasteiger partial charge in [0, 0.05) is 19.6 Å². The third kappa shape index (κ3) is 2.93. The molecule has 0 aromatic carbocycles. The highest BCUT2D eigenvalue weighted by Gasteiger charge is 2.22. The molecule has 0 radical (unpaired) electrons. The van der Waals surface area contributed by atoms with Gasteiger partial charge in [-0.05, 0) is 19.8 Å². The summed E-state index contributed by atoms with van der Waals surface area (Å²) in [7, 11) is 2.05. The number of nitrogens with zero attached hydrogens (tertiary/aromatic N) is 7. The van der Waals surface area contributed by atoms with E-state index in [2.05, 4.69) is 35.3 Å². The molecule has 0 aliphatic heterocycles. The van der Waals surface area contributed by atoms with Crippen LogP contribution in [0, 0.1) is 0 Å². The quantitative estimate of drug-likeness (QED) is 0.886. The summed E-state index contributed by atoms with van der Waals surface area (Å²) in [6.07, 6.45) is 7.99. The van der Waals surface area contributed by atoms with E-state index < -0.39 is 0 Å². The van der Waals surface area contributed by atoms with Crippen LogP contribution in [0.5, 0.6) is 0 Å². The zero-order chi connectivity index (χ0) is 14.7. The Morgan fingerprint density at radius 3 is 2.76 bits per heavy atom. The van der Waals surface area contributed by atoms with Crippen molar-refractivity contribution >= 4 is 11.9 Å². The molecule has 1 aliphatic rings. The summed E-state index contributed by atoms with van der Waals surface area (Å²) in [5.74, 6) is 1.73. The smallest absolute Gasteiger partial charge is 0.258 e. The van der Waals surface area contributed by atoms with Gasteiger partial charge in [-0.15, -0.1) is 0 Å². The van der Waals surface area contributed by atoms with Crippen molar-refractivity contribution in [2.45, 2.75) is 38.6 Å². The minimum absolute atomic E-state index is 0.485. The number of nitrogens with one attached hydrogen (secondary N) is 1. The zero-order valence-electron chi connectivity index (χ0n) is 12.4. The van der Waals surface area contributed by atoms with Crippen LogP contribution < -0.4 is 10.2 Å². The molecule has 0 atom stereocenters. The van der Waals surface area contributed by atoms with Gasteiger partial charge in [0.25, 0.3) is 5.95 Å². The summed E-state index contributed by atoms with van der Waals surface area (Å²) in [6.45, 7) is 2.77. The Balaban J connectivity index is 1.94. The average Bonchev–Trinajstić information content (AvgIpc) is 3.19. The summed E-state index contributed by atoms with van der Waals surface area (Å²) in [5.41, 5.74) is 0. The SMILES string of the molecule is CCNc1nc(N(C)C2CCCC2)nc(-n2cncn2)n1. The molecular weight excluding hydrogens is 268 g/mol. The highest BCUT2D eigenvalue weighted by Crippen LogP contribution is 2.25. The van der Waals surface area contributed by atoms with Gasteiger partial charge in [0.15, 0.2) is 0 Å². The van der Waals surface area contributed by atoms with Crippen LogP contribution in [0.3, 0.4) is 0 Å². The van der Waals surface area contributed by atoms with Crippen molar-refractivity contribution < 1.29 is 0 Å². The first-order chi connectivity index (χ1) is 10.3. The Morgan fingerprint density at radius 1 is 1.29 bits per heavy atom. The van der Waals surface area contributed by atoms with Crippen molar-refractivity contribution in [1.82, 2.24) is 29.7 Å². The summed E-state index contributed by atoms with van der Waals surface area (Å²) in [6, 6.07) is 0.505. The Kier molecular flexibility index (Phi) is 3.94. The molecule has 1 aliphatic carbocycles. The van der Waals surface area contributed by atoms with E-state index in [-0.39, 0.29) is 0 Å². The van der Waals surface area contributed by atoms with E-state index in [1.807, 2.05) is 14.0 Å². The summed E-state index contributed by atoms with van der Waals surface area (Å²) < 4.78 is 1.55. The van der Waals surface area contributed by atoms with Crippen LogP contribution in [0.25, 0.3) is 5.95 Å². The van der Waals surface area contributed by atoms with Gasteiger partial charge in [-0.2, -0.15) is 24.7 Å². The predicted octanol–water partition coefficient (Wildman–Crippen LogP) is 1.26. The third-order valence-electron chi connectivity index (χ3n) is 3.76.